The largest absolute Gasteiger partial charge is 0.328 e. The molecule has 1 aromatic heterocycles. The van der Waals surface area contributed by atoms with Gasteiger partial charge in [-0.1, -0.05) is 43.7 Å². The summed E-state index contributed by atoms with van der Waals surface area (Å²) in [6.07, 6.45) is 3.57. The highest BCUT2D eigenvalue weighted by Gasteiger charge is 2.06. The lowest BCUT2D eigenvalue weighted by Gasteiger charge is -2.06. The van der Waals surface area contributed by atoms with Crippen molar-refractivity contribution in [2.75, 3.05) is 0 Å². The summed E-state index contributed by atoms with van der Waals surface area (Å²) in [5.41, 5.74) is 0.683. The number of nitrogens with zero attached hydrogens (tertiary/aromatic N) is 1. The van der Waals surface area contributed by atoms with Crippen LogP contribution < -0.4 is 11.2 Å². The first-order valence-corrected chi connectivity index (χ1v) is 6.11. The van der Waals surface area contributed by atoms with Crippen LogP contribution in [0.25, 0.3) is 11.1 Å². The summed E-state index contributed by atoms with van der Waals surface area (Å²) < 4.78 is 1.56. The molecule has 0 bridgehead atoms. The molecule has 0 aliphatic rings. The zero-order valence-electron chi connectivity index (χ0n) is 10.3. The Bertz CT molecular complexity index is 626. The Morgan fingerprint density at radius 3 is 2.56 bits per heavy atom. The van der Waals surface area contributed by atoms with Crippen molar-refractivity contribution in [1.29, 1.82) is 0 Å². The first kappa shape index (κ1) is 12.4. The average molecular weight is 244 g/mol. The SMILES string of the molecule is CCCCn1cc(-c2ccccc2)c(=O)[nH]c1=O. The van der Waals surface area contributed by atoms with Crippen LogP contribution in [0, 0.1) is 0 Å². The Balaban J connectivity index is 2.49. The number of benzene rings is 1. The van der Waals surface area contributed by atoms with Crippen LogP contribution in [0.5, 0.6) is 0 Å². The second-order valence-corrected chi connectivity index (χ2v) is 4.22. The number of hydrogen-bond acceptors (Lipinski definition) is 2. The van der Waals surface area contributed by atoms with Gasteiger partial charge in [0.25, 0.3) is 5.56 Å². The van der Waals surface area contributed by atoms with E-state index in [1.165, 1.54) is 0 Å². The van der Waals surface area contributed by atoms with Crippen molar-refractivity contribution in [2.24, 2.45) is 0 Å². The summed E-state index contributed by atoms with van der Waals surface area (Å²) in [4.78, 5) is 25.8. The van der Waals surface area contributed by atoms with Gasteiger partial charge in [-0.2, -0.15) is 0 Å². The molecule has 0 spiro atoms. The van der Waals surface area contributed by atoms with Crippen LogP contribution in [0.1, 0.15) is 19.8 Å². The smallest absolute Gasteiger partial charge is 0.300 e. The fourth-order valence-corrected chi connectivity index (χ4v) is 1.83. The lowest BCUT2D eigenvalue weighted by atomic mass is 10.1. The first-order chi connectivity index (χ1) is 8.72. The third kappa shape index (κ3) is 2.59. The maximum Gasteiger partial charge on any atom is 0.328 e. The van der Waals surface area contributed by atoms with Gasteiger partial charge in [-0.15, -0.1) is 0 Å². The van der Waals surface area contributed by atoms with Crippen molar-refractivity contribution in [1.82, 2.24) is 9.55 Å². The topological polar surface area (TPSA) is 54.9 Å². The van der Waals surface area contributed by atoms with Crippen molar-refractivity contribution in [3.05, 3.63) is 57.4 Å². The number of aromatic amines is 1. The summed E-state index contributed by atoms with van der Waals surface area (Å²) in [6.45, 7) is 2.70. The Hall–Kier alpha value is -2.10. The van der Waals surface area contributed by atoms with E-state index in [1.807, 2.05) is 30.3 Å². The number of unbranched alkanes of at least 4 members (excludes halogenated alkanes) is 1. The Morgan fingerprint density at radius 1 is 1.17 bits per heavy atom. The van der Waals surface area contributed by atoms with Gasteiger partial charge in [-0.05, 0) is 12.0 Å². The van der Waals surface area contributed by atoms with E-state index in [1.54, 1.807) is 10.8 Å². The van der Waals surface area contributed by atoms with Gasteiger partial charge in [0.2, 0.25) is 0 Å². The van der Waals surface area contributed by atoms with Crippen molar-refractivity contribution < 1.29 is 0 Å². The quantitative estimate of drug-likeness (QED) is 0.894. The van der Waals surface area contributed by atoms with E-state index in [-0.39, 0.29) is 11.2 Å². The molecule has 4 heteroatoms. The minimum atomic E-state index is -0.340. The molecule has 0 saturated heterocycles. The predicted molar refractivity (Wildman–Crippen MR) is 71.7 cm³/mol. The van der Waals surface area contributed by atoms with E-state index in [4.69, 9.17) is 0 Å². The van der Waals surface area contributed by atoms with Gasteiger partial charge in [-0.25, -0.2) is 4.79 Å². The van der Waals surface area contributed by atoms with Crippen LogP contribution in [-0.2, 0) is 6.54 Å². The van der Waals surface area contributed by atoms with Gasteiger partial charge in [0.05, 0.1) is 5.56 Å². The van der Waals surface area contributed by atoms with E-state index < -0.39 is 0 Å². The van der Waals surface area contributed by atoms with Crippen LogP contribution in [0.4, 0.5) is 0 Å². The lowest BCUT2D eigenvalue weighted by molar-refractivity contribution is 0.598. The van der Waals surface area contributed by atoms with Gasteiger partial charge >= 0.3 is 5.69 Å². The first-order valence-electron chi connectivity index (χ1n) is 6.11. The highest BCUT2D eigenvalue weighted by atomic mass is 16.2. The molecule has 0 radical (unpaired) electrons. The molecule has 1 N–H and O–H groups in total. The molecule has 0 aliphatic heterocycles. The molecule has 1 heterocycles. The fourth-order valence-electron chi connectivity index (χ4n) is 1.83. The van der Waals surface area contributed by atoms with E-state index in [9.17, 15) is 9.59 Å². The number of H-pyrrole nitrogens is 1. The zero-order valence-corrected chi connectivity index (χ0v) is 10.3. The zero-order chi connectivity index (χ0) is 13.0. The molecule has 0 aliphatic carbocycles. The number of aromatic nitrogens is 2. The summed E-state index contributed by atoms with van der Waals surface area (Å²) in [5, 5.41) is 0. The molecule has 0 saturated carbocycles. The Labute approximate surface area is 105 Å². The van der Waals surface area contributed by atoms with Crippen LogP contribution in [0.2, 0.25) is 0 Å². The molecule has 94 valence electrons. The van der Waals surface area contributed by atoms with Crippen molar-refractivity contribution in [3.63, 3.8) is 0 Å². The van der Waals surface area contributed by atoms with Crippen LogP contribution in [0.3, 0.4) is 0 Å². The highest BCUT2D eigenvalue weighted by Crippen LogP contribution is 2.12. The molecule has 2 aromatic rings. The second-order valence-electron chi connectivity index (χ2n) is 4.22. The number of rotatable bonds is 4. The van der Waals surface area contributed by atoms with Gasteiger partial charge < -0.3 is 0 Å². The summed E-state index contributed by atoms with van der Waals surface area (Å²) in [6, 6.07) is 9.36. The number of nitrogens with one attached hydrogen (secondary N) is 1. The maximum absolute atomic E-state index is 11.8. The van der Waals surface area contributed by atoms with Gasteiger partial charge in [-0.3, -0.25) is 14.3 Å². The third-order valence-corrected chi connectivity index (χ3v) is 2.85. The molecular weight excluding hydrogens is 228 g/mol. The van der Waals surface area contributed by atoms with Gasteiger partial charge in [0, 0.05) is 12.7 Å². The standard InChI is InChI=1S/C14H16N2O2/c1-2-3-9-16-10-12(13(17)15-14(16)18)11-7-5-4-6-8-11/h4-8,10H,2-3,9H2,1H3,(H,15,17,18). The van der Waals surface area contributed by atoms with Crippen LogP contribution in [-0.4, -0.2) is 9.55 Å². The summed E-state index contributed by atoms with van der Waals surface area (Å²) in [5.74, 6) is 0. The monoisotopic (exact) mass is 244 g/mol. The van der Waals surface area contributed by atoms with Crippen LogP contribution >= 0.6 is 0 Å². The number of hydrogen-bond donors (Lipinski definition) is 1. The van der Waals surface area contributed by atoms with Gasteiger partial charge in [0.15, 0.2) is 0 Å². The number of aryl methyl sites for hydroxylation is 1. The van der Waals surface area contributed by atoms with Crippen LogP contribution in [0.15, 0.2) is 46.1 Å². The molecular formula is C14H16N2O2. The van der Waals surface area contributed by atoms with E-state index >= 15 is 0 Å². The summed E-state index contributed by atoms with van der Waals surface area (Å²) >= 11 is 0. The Morgan fingerprint density at radius 2 is 1.89 bits per heavy atom. The lowest BCUT2D eigenvalue weighted by Crippen LogP contribution is -2.30. The maximum atomic E-state index is 11.8. The van der Waals surface area contributed by atoms with Gasteiger partial charge in [0.1, 0.15) is 0 Å². The van der Waals surface area contributed by atoms with Crippen molar-refractivity contribution >= 4 is 0 Å². The molecule has 0 amide bonds. The molecule has 0 unspecified atom stereocenters. The third-order valence-electron chi connectivity index (χ3n) is 2.85. The summed E-state index contributed by atoms with van der Waals surface area (Å²) in [7, 11) is 0. The van der Waals surface area contributed by atoms with Crippen molar-refractivity contribution in [3.8, 4) is 11.1 Å². The normalized spacial score (nSPS) is 10.5. The molecule has 18 heavy (non-hydrogen) atoms. The van der Waals surface area contributed by atoms with Crippen molar-refractivity contribution in [2.45, 2.75) is 26.3 Å². The molecule has 0 fully saturated rings. The van der Waals surface area contributed by atoms with E-state index in [0.29, 0.717) is 12.1 Å². The Kier molecular flexibility index (Phi) is 3.77. The minimum absolute atomic E-state index is 0.334. The predicted octanol–water partition coefficient (Wildman–Crippen LogP) is 2.00. The molecule has 4 nitrogen and oxygen atoms in total. The fraction of sp³-hybridized carbons (Fsp3) is 0.286. The highest BCUT2D eigenvalue weighted by molar-refractivity contribution is 5.60. The molecule has 2 rings (SSSR count). The average Bonchev–Trinajstić information content (AvgIpc) is 2.39. The molecule has 1 aromatic carbocycles. The van der Waals surface area contributed by atoms with E-state index in [2.05, 4.69) is 11.9 Å². The minimum Gasteiger partial charge on any atom is -0.300 e. The molecule has 0 atom stereocenters. The van der Waals surface area contributed by atoms with E-state index in [0.717, 1.165) is 18.4 Å². The second kappa shape index (κ2) is 5.49.